The number of carbonyl (C=O) groups excluding carboxylic acids is 1. The van der Waals surface area contributed by atoms with E-state index in [1.54, 1.807) is 29.9 Å². The molecule has 1 aliphatic heterocycles. The molecule has 2 heterocycles. The molecule has 0 aliphatic carbocycles. The van der Waals surface area contributed by atoms with Crippen molar-refractivity contribution in [3.05, 3.63) is 30.6 Å². The molecule has 1 aromatic heterocycles. The Morgan fingerprint density at radius 2 is 2.53 bits per heavy atom. The summed E-state index contributed by atoms with van der Waals surface area (Å²) in [5.74, 6) is 0.330. The van der Waals surface area contributed by atoms with E-state index in [1.807, 2.05) is 0 Å². The van der Waals surface area contributed by atoms with Crippen LogP contribution >= 0.6 is 0 Å². The van der Waals surface area contributed by atoms with Crippen LogP contribution in [-0.2, 0) is 9.53 Å². The summed E-state index contributed by atoms with van der Waals surface area (Å²) >= 11 is 0. The topological polar surface area (TPSA) is 56.1 Å². The molecule has 0 spiro atoms. The third kappa shape index (κ3) is 1.63. The van der Waals surface area contributed by atoms with Crippen LogP contribution in [0, 0.1) is 0 Å². The molecule has 0 aromatic carbocycles. The molecule has 0 saturated heterocycles. The van der Waals surface area contributed by atoms with Crippen molar-refractivity contribution in [1.29, 1.82) is 0 Å². The number of anilines is 1. The molecule has 1 aliphatic rings. The smallest absolute Gasteiger partial charge is 0.354 e. The van der Waals surface area contributed by atoms with E-state index in [1.165, 1.54) is 0 Å². The maximum atomic E-state index is 11.5. The molecule has 0 amide bonds. The van der Waals surface area contributed by atoms with Crippen molar-refractivity contribution in [2.24, 2.45) is 0 Å². The Labute approximate surface area is 87.0 Å². The van der Waals surface area contributed by atoms with E-state index in [-0.39, 0.29) is 5.97 Å². The van der Waals surface area contributed by atoms with Gasteiger partial charge in [0.15, 0.2) is 0 Å². The van der Waals surface area contributed by atoms with Crippen LogP contribution in [0.3, 0.4) is 0 Å². The van der Waals surface area contributed by atoms with E-state index in [0.717, 1.165) is 0 Å². The number of nitrogens with zero attached hydrogens (tertiary/aromatic N) is 2. The zero-order chi connectivity index (χ0) is 10.8. The number of esters is 1. The standard InChI is InChI=1S/C10H11N3O2/c1-3-15-10(14)8-6-7(2)13-9(12-8)4-5-11-13/h4-6,12H,2-3H2,1H3. The Morgan fingerprint density at radius 1 is 1.73 bits per heavy atom. The molecule has 0 saturated carbocycles. The lowest BCUT2D eigenvalue weighted by Gasteiger charge is -2.17. The molecule has 0 bridgehead atoms. The van der Waals surface area contributed by atoms with Gasteiger partial charge in [-0.15, -0.1) is 0 Å². The summed E-state index contributed by atoms with van der Waals surface area (Å²) < 4.78 is 6.49. The van der Waals surface area contributed by atoms with Crippen LogP contribution < -0.4 is 5.32 Å². The zero-order valence-electron chi connectivity index (χ0n) is 8.36. The van der Waals surface area contributed by atoms with Crippen molar-refractivity contribution in [1.82, 2.24) is 9.78 Å². The number of rotatable bonds is 2. The van der Waals surface area contributed by atoms with Crippen molar-refractivity contribution >= 4 is 17.5 Å². The first-order chi connectivity index (χ1) is 7.22. The minimum Gasteiger partial charge on any atom is -0.461 e. The molecule has 2 rings (SSSR count). The van der Waals surface area contributed by atoms with Gasteiger partial charge in [0, 0.05) is 6.07 Å². The van der Waals surface area contributed by atoms with Crippen molar-refractivity contribution in [2.75, 3.05) is 11.9 Å². The van der Waals surface area contributed by atoms with Gasteiger partial charge in [0.1, 0.15) is 11.5 Å². The average Bonchev–Trinajstić information content (AvgIpc) is 2.66. The minimum absolute atomic E-state index is 0.351. The fraction of sp³-hybridized carbons (Fsp3) is 0.200. The largest absolute Gasteiger partial charge is 0.461 e. The summed E-state index contributed by atoms with van der Waals surface area (Å²) in [4.78, 5) is 11.5. The predicted molar refractivity (Wildman–Crippen MR) is 55.9 cm³/mol. The fourth-order valence-corrected chi connectivity index (χ4v) is 1.35. The van der Waals surface area contributed by atoms with Crippen LogP contribution in [0.25, 0.3) is 5.70 Å². The lowest BCUT2D eigenvalue weighted by molar-refractivity contribution is -0.138. The van der Waals surface area contributed by atoms with Crippen molar-refractivity contribution in [2.45, 2.75) is 6.92 Å². The monoisotopic (exact) mass is 205 g/mol. The van der Waals surface area contributed by atoms with Crippen LogP contribution in [0.5, 0.6) is 0 Å². The molecule has 5 nitrogen and oxygen atoms in total. The van der Waals surface area contributed by atoms with Crippen LogP contribution in [0.4, 0.5) is 5.82 Å². The molecule has 78 valence electrons. The molecular weight excluding hydrogens is 194 g/mol. The normalized spacial score (nSPS) is 13.9. The number of carbonyl (C=O) groups is 1. The first-order valence-electron chi connectivity index (χ1n) is 4.61. The Kier molecular flexibility index (Phi) is 2.29. The summed E-state index contributed by atoms with van der Waals surface area (Å²) in [6.07, 6.45) is 3.24. The number of hydrogen-bond donors (Lipinski definition) is 1. The first-order valence-corrected chi connectivity index (χ1v) is 4.61. The number of ether oxygens (including phenoxy) is 1. The van der Waals surface area contributed by atoms with Gasteiger partial charge < -0.3 is 10.1 Å². The number of nitrogens with one attached hydrogen (secondary N) is 1. The number of aromatic nitrogens is 2. The molecule has 15 heavy (non-hydrogen) atoms. The molecule has 0 unspecified atom stereocenters. The summed E-state index contributed by atoms with van der Waals surface area (Å²) in [6.45, 7) is 5.91. The molecule has 1 N–H and O–H groups in total. The quantitative estimate of drug-likeness (QED) is 0.738. The predicted octanol–water partition coefficient (Wildman–Crippen LogP) is 1.23. The second-order valence-electron chi connectivity index (χ2n) is 3.02. The van der Waals surface area contributed by atoms with Crippen molar-refractivity contribution in [3.63, 3.8) is 0 Å². The lowest BCUT2D eigenvalue weighted by Crippen LogP contribution is -2.20. The number of allylic oxidation sites excluding steroid dienone is 2. The first kappa shape index (κ1) is 9.51. The van der Waals surface area contributed by atoms with Crippen molar-refractivity contribution < 1.29 is 9.53 Å². The Hall–Kier alpha value is -2.04. The summed E-state index contributed by atoms with van der Waals surface area (Å²) in [5.41, 5.74) is 1.02. The molecule has 0 radical (unpaired) electrons. The van der Waals surface area contributed by atoms with Crippen LogP contribution in [0.1, 0.15) is 6.92 Å². The SMILES string of the molecule is C=C1C=C(C(=O)OCC)Nc2ccnn21. The van der Waals surface area contributed by atoms with Crippen LogP contribution in [-0.4, -0.2) is 22.4 Å². The Morgan fingerprint density at radius 3 is 3.27 bits per heavy atom. The van der Waals surface area contributed by atoms with Gasteiger partial charge in [0.05, 0.1) is 18.5 Å². The van der Waals surface area contributed by atoms with Crippen LogP contribution in [0.2, 0.25) is 0 Å². The van der Waals surface area contributed by atoms with Gasteiger partial charge in [-0.1, -0.05) is 6.58 Å². The Balaban J connectivity index is 2.25. The van der Waals surface area contributed by atoms with E-state index in [0.29, 0.717) is 23.8 Å². The van der Waals surface area contributed by atoms with Gasteiger partial charge in [-0.2, -0.15) is 5.10 Å². The second-order valence-corrected chi connectivity index (χ2v) is 3.02. The van der Waals surface area contributed by atoms with E-state index < -0.39 is 0 Å². The summed E-state index contributed by atoms with van der Waals surface area (Å²) in [5, 5.41) is 6.95. The lowest BCUT2D eigenvalue weighted by atomic mass is 10.3. The highest BCUT2D eigenvalue weighted by Crippen LogP contribution is 2.21. The van der Waals surface area contributed by atoms with Gasteiger partial charge in [-0.25, -0.2) is 9.48 Å². The number of fused-ring (bicyclic) bond motifs is 1. The maximum Gasteiger partial charge on any atom is 0.354 e. The fourth-order valence-electron chi connectivity index (χ4n) is 1.35. The van der Waals surface area contributed by atoms with Crippen molar-refractivity contribution in [3.8, 4) is 0 Å². The average molecular weight is 205 g/mol. The third-order valence-electron chi connectivity index (χ3n) is 1.98. The summed E-state index contributed by atoms with van der Waals surface area (Å²) in [7, 11) is 0. The van der Waals surface area contributed by atoms with E-state index in [4.69, 9.17) is 4.74 Å². The van der Waals surface area contributed by atoms with E-state index in [9.17, 15) is 4.79 Å². The molecule has 1 aromatic rings. The maximum absolute atomic E-state index is 11.5. The molecule has 0 atom stereocenters. The van der Waals surface area contributed by atoms with E-state index >= 15 is 0 Å². The van der Waals surface area contributed by atoms with Gasteiger partial charge in [-0.05, 0) is 13.0 Å². The zero-order valence-corrected chi connectivity index (χ0v) is 8.36. The molecule has 5 heteroatoms. The van der Waals surface area contributed by atoms with Gasteiger partial charge in [0.25, 0.3) is 0 Å². The second kappa shape index (κ2) is 3.61. The highest BCUT2D eigenvalue weighted by molar-refractivity contribution is 5.95. The van der Waals surface area contributed by atoms with Crippen LogP contribution in [0.15, 0.2) is 30.6 Å². The Bertz CT molecular complexity index is 445. The molecular formula is C10H11N3O2. The van der Waals surface area contributed by atoms with E-state index in [2.05, 4.69) is 17.0 Å². The summed E-state index contributed by atoms with van der Waals surface area (Å²) in [6, 6.07) is 1.76. The minimum atomic E-state index is -0.383. The highest BCUT2D eigenvalue weighted by Gasteiger charge is 2.18. The number of hydrogen-bond acceptors (Lipinski definition) is 4. The van der Waals surface area contributed by atoms with Gasteiger partial charge in [-0.3, -0.25) is 0 Å². The molecule has 0 fully saturated rings. The third-order valence-corrected chi connectivity index (χ3v) is 1.98. The van der Waals surface area contributed by atoms with Gasteiger partial charge in [0.2, 0.25) is 0 Å². The highest BCUT2D eigenvalue weighted by atomic mass is 16.5. The van der Waals surface area contributed by atoms with Gasteiger partial charge >= 0.3 is 5.97 Å².